The number of esters is 1. The quantitative estimate of drug-likeness (QED) is 0.315. The molecule has 4 unspecified atom stereocenters. The molecule has 36 heavy (non-hydrogen) atoms. The molecule has 1 saturated heterocycles. The Labute approximate surface area is 211 Å². The zero-order chi connectivity index (χ0) is 25.8. The van der Waals surface area contributed by atoms with Crippen molar-refractivity contribution >= 4 is 17.1 Å². The van der Waals surface area contributed by atoms with E-state index >= 15 is 0 Å². The van der Waals surface area contributed by atoms with Gasteiger partial charge in [0.1, 0.15) is 24.7 Å². The standard InChI is InChI=1S/C28H36N2O6/c1-5-6-7-8-19-9-11-20(12-10-19)23-13-21-15-30(28(33)29-26(21)36-23)25-14-22(31)24(35-25)16-34-27(32)18(4)17(2)3/h9-13,15,17-18,22,24-25,31H,5-8,14,16H2,1-4H3. The summed E-state index contributed by atoms with van der Waals surface area (Å²) in [7, 11) is 0. The van der Waals surface area contributed by atoms with Gasteiger partial charge in [0.15, 0.2) is 0 Å². The van der Waals surface area contributed by atoms with Gasteiger partial charge >= 0.3 is 11.7 Å². The number of ether oxygens (including phenoxy) is 2. The van der Waals surface area contributed by atoms with Gasteiger partial charge < -0.3 is 19.0 Å². The number of aliphatic hydroxyl groups excluding tert-OH is 1. The SMILES string of the molecule is CCCCCc1ccc(-c2cc3cn(C4CC(O)C(COC(=O)C(C)C(C)C)O4)c(=O)nc3o2)cc1. The summed E-state index contributed by atoms with van der Waals surface area (Å²) in [4.78, 5) is 29.0. The topological polar surface area (TPSA) is 104 Å². The van der Waals surface area contributed by atoms with Crippen LogP contribution in [0, 0.1) is 11.8 Å². The minimum Gasteiger partial charge on any atom is -0.463 e. The molecule has 8 nitrogen and oxygen atoms in total. The van der Waals surface area contributed by atoms with E-state index in [-0.39, 0.29) is 36.5 Å². The molecule has 0 aliphatic carbocycles. The predicted molar refractivity (Wildman–Crippen MR) is 136 cm³/mol. The molecule has 1 fully saturated rings. The highest BCUT2D eigenvalue weighted by atomic mass is 16.6. The van der Waals surface area contributed by atoms with Crippen molar-refractivity contribution in [1.82, 2.24) is 9.55 Å². The van der Waals surface area contributed by atoms with Gasteiger partial charge in [0.2, 0.25) is 5.71 Å². The van der Waals surface area contributed by atoms with Crippen LogP contribution in [0.15, 0.2) is 45.7 Å². The first-order valence-corrected chi connectivity index (χ1v) is 12.9. The number of carbonyl (C=O) groups excluding carboxylic acids is 1. The largest absolute Gasteiger partial charge is 0.463 e. The molecule has 3 aromatic rings. The van der Waals surface area contributed by atoms with Crippen LogP contribution in [-0.2, 0) is 20.7 Å². The molecular weight excluding hydrogens is 460 g/mol. The molecule has 1 aromatic carbocycles. The molecule has 0 amide bonds. The van der Waals surface area contributed by atoms with E-state index in [1.807, 2.05) is 39.0 Å². The smallest absolute Gasteiger partial charge is 0.353 e. The van der Waals surface area contributed by atoms with E-state index in [9.17, 15) is 14.7 Å². The van der Waals surface area contributed by atoms with E-state index in [4.69, 9.17) is 13.9 Å². The maximum absolute atomic E-state index is 12.7. The van der Waals surface area contributed by atoms with E-state index < -0.39 is 24.1 Å². The molecular formula is C28H36N2O6. The van der Waals surface area contributed by atoms with Gasteiger partial charge in [-0.1, -0.05) is 64.8 Å². The van der Waals surface area contributed by atoms with Crippen molar-refractivity contribution in [3.05, 3.63) is 52.6 Å². The number of fused-ring (bicyclic) bond motifs is 1. The Morgan fingerprint density at radius 3 is 2.67 bits per heavy atom. The Morgan fingerprint density at radius 2 is 1.97 bits per heavy atom. The summed E-state index contributed by atoms with van der Waals surface area (Å²) in [5.41, 5.74) is 1.93. The fraction of sp³-hybridized carbons (Fsp3) is 0.536. The second kappa shape index (κ2) is 11.4. The monoisotopic (exact) mass is 496 g/mol. The highest BCUT2D eigenvalue weighted by Gasteiger charge is 2.37. The Kier molecular flexibility index (Phi) is 8.26. The highest BCUT2D eigenvalue weighted by Crippen LogP contribution is 2.31. The van der Waals surface area contributed by atoms with Gasteiger partial charge in [-0.25, -0.2) is 4.79 Å². The van der Waals surface area contributed by atoms with Crippen LogP contribution in [0.2, 0.25) is 0 Å². The number of benzene rings is 1. The van der Waals surface area contributed by atoms with Crippen LogP contribution < -0.4 is 5.69 Å². The number of hydrogen-bond acceptors (Lipinski definition) is 7. The Balaban J connectivity index is 1.46. The molecule has 194 valence electrons. The summed E-state index contributed by atoms with van der Waals surface area (Å²) in [6.45, 7) is 7.83. The molecule has 1 aliphatic heterocycles. The molecule has 0 saturated carbocycles. The lowest BCUT2D eigenvalue weighted by Gasteiger charge is -2.19. The number of unbranched alkanes of at least 4 members (excludes halogenated alkanes) is 2. The van der Waals surface area contributed by atoms with Gasteiger partial charge in [0.05, 0.1) is 17.4 Å². The fourth-order valence-electron chi connectivity index (χ4n) is 4.29. The van der Waals surface area contributed by atoms with Crippen molar-refractivity contribution in [2.45, 2.75) is 78.2 Å². The molecule has 0 bridgehead atoms. The van der Waals surface area contributed by atoms with E-state index in [2.05, 4.69) is 24.0 Å². The van der Waals surface area contributed by atoms with Crippen LogP contribution in [0.3, 0.4) is 0 Å². The van der Waals surface area contributed by atoms with E-state index in [0.29, 0.717) is 11.1 Å². The molecule has 3 heterocycles. The summed E-state index contributed by atoms with van der Waals surface area (Å²) in [5, 5.41) is 11.1. The molecule has 8 heteroatoms. The minimum absolute atomic E-state index is 0.0672. The van der Waals surface area contributed by atoms with Crippen LogP contribution in [0.1, 0.15) is 65.2 Å². The number of aliphatic hydroxyl groups is 1. The number of furan rings is 1. The van der Waals surface area contributed by atoms with Crippen molar-refractivity contribution in [2.24, 2.45) is 11.8 Å². The average Bonchev–Trinajstić information content (AvgIpc) is 3.44. The van der Waals surface area contributed by atoms with Gasteiger partial charge in [-0.05, 0) is 30.4 Å². The third-order valence-electron chi connectivity index (χ3n) is 7.02. The normalized spacial score (nSPS) is 20.8. The summed E-state index contributed by atoms with van der Waals surface area (Å²) < 4.78 is 18.5. The number of aromatic nitrogens is 2. The van der Waals surface area contributed by atoms with Gasteiger partial charge in [0.25, 0.3) is 0 Å². The van der Waals surface area contributed by atoms with Gasteiger partial charge in [0, 0.05) is 18.2 Å². The Hall–Kier alpha value is -2.97. The first kappa shape index (κ1) is 26.1. The summed E-state index contributed by atoms with van der Waals surface area (Å²) in [6, 6.07) is 10.1. The van der Waals surface area contributed by atoms with E-state index in [1.165, 1.54) is 29.4 Å². The van der Waals surface area contributed by atoms with Crippen LogP contribution in [0.5, 0.6) is 0 Å². The Bertz CT molecular complexity index is 1230. The van der Waals surface area contributed by atoms with Crippen molar-refractivity contribution in [1.29, 1.82) is 0 Å². The maximum Gasteiger partial charge on any atom is 0.353 e. The van der Waals surface area contributed by atoms with Gasteiger partial charge in [-0.3, -0.25) is 9.36 Å². The number of aryl methyl sites for hydroxylation is 1. The number of carbonyl (C=O) groups is 1. The van der Waals surface area contributed by atoms with Crippen LogP contribution >= 0.6 is 0 Å². The number of hydrogen-bond donors (Lipinski definition) is 1. The Morgan fingerprint density at radius 1 is 1.22 bits per heavy atom. The summed E-state index contributed by atoms with van der Waals surface area (Å²) in [6.07, 6.45) is 4.20. The second-order valence-corrected chi connectivity index (χ2v) is 10.1. The molecule has 4 rings (SSSR count). The minimum atomic E-state index is -0.865. The zero-order valence-corrected chi connectivity index (χ0v) is 21.5. The molecule has 0 radical (unpaired) electrons. The second-order valence-electron chi connectivity index (χ2n) is 10.1. The third-order valence-corrected chi connectivity index (χ3v) is 7.02. The number of nitrogens with zero attached hydrogens (tertiary/aromatic N) is 2. The predicted octanol–water partition coefficient (Wildman–Crippen LogP) is 4.87. The molecule has 2 aromatic heterocycles. The molecule has 4 atom stereocenters. The van der Waals surface area contributed by atoms with Crippen LogP contribution in [0.4, 0.5) is 0 Å². The number of rotatable bonds is 10. The van der Waals surface area contributed by atoms with Crippen LogP contribution in [-0.4, -0.2) is 39.4 Å². The summed E-state index contributed by atoms with van der Waals surface area (Å²) >= 11 is 0. The van der Waals surface area contributed by atoms with Crippen LogP contribution in [0.25, 0.3) is 22.4 Å². The molecule has 1 aliphatic rings. The van der Waals surface area contributed by atoms with E-state index in [0.717, 1.165) is 12.0 Å². The van der Waals surface area contributed by atoms with Gasteiger partial charge in [-0.15, -0.1) is 0 Å². The first-order chi connectivity index (χ1) is 17.3. The van der Waals surface area contributed by atoms with Crippen molar-refractivity contribution in [2.75, 3.05) is 6.61 Å². The summed E-state index contributed by atoms with van der Waals surface area (Å²) in [5.74, 6) is 0.205. The molecule has 1 N–H and O–H groups in total. The zero-order valence-electron chi connectivity index (χ0n) is 21.5. The fourth-order valence-corrected chi connectivity index (χ4v) is 4.29. The first-order valence-electron chi connectivity index (χ1n) is 12.9. The van der Waals surface area contributed by atoms with E-state index in [1.54, 1.807) is 6.20 Å². The maximum atomic E-state index is 12.7. The lowest BCUT2D eigenvalue weighted by molar-refractivity contribution is -0.155. The van der Waals surface area contributed by atoms with Gasteiger partial charge in [-0.2, -0.15) is 4.98 Å². The average molecular weight is 497 g/mol. The van der Waals surface area contributed by atoms with Crippen molar-refractivity contribution < 1.29 is 23.8 Å². The highest BCUT2D eigenvalue weighted by molar-refractivity contribution is 5.79. The van der Waals surface area contributed by atoms with Crippen molar-refractivity contribution in [3.8, 4) is 11.3 Å². The third kappa shape index (κ3) is 5.87. The lowest BCUT2D eigenvalue weighted by Crippen LogP contribution is -2.31. The lowest BCUT2D eigenvalue weighted by atomic mass is 9.99. The van der Waals surface area contributed by atoms with Crippen molar-refractivity contribution in [3.63, 3.8) is 0 Å². The molecule has 0 spiro atoms.